The van der Waals surface area contributed by atoms with Gasteiger partial charge in [-0.15, -0.1) is 10.2 Å². The van der Waals surface area contributed by atoms with E-state index in [0.717, 1.165) is 29.9 Å². The average Bonchev–Trinajstić information content (AvgIpc) is 2.89. The second kappa shape index (κ2) is 5.46. The molecule has 2 saturated heterocycles. The molecule has 2 saturated carbocycles. The van der Waals surface area contributed by atoms with Crippen LogP contribution in [0.1, 0.15) is 37.9 Å². The van der Waals surface area contributed by atoms with Gasteiger partial charge in [0.15, 0.2) is 11.5 Å². The predicted molar refractivity (Wildman–Crippen MR) is 89.3 cm³/mol. The molecule has 6 rings (SSSR count). The molecule has 0 spiro atoms. The molecule has 4 heterocycles. The SMILES string of the molecule is O=C(NCc1nnc2ccccn12)N1CC2CC3CC(C2)CC1C3. The standard InChI is InChI=1S/C18H23N5O/c24-18(19-10-17-21-20-16-3-1-2-4-22(16)17)23-11-14-6-12-5-13(7-14)9-15(23)8-12/h1-4,12-15H,5-11H2,(H,19,24). The second-order valence-corrected chi connectivity index (χ2v) is 7.79. The summed E-state index contributed by atoms with van der Waals surface area (Å²) in [4.78, 5) is 14.9. The topological polar surface area (TPSA) is 62.5 Å². The maximum atomic E-state index is 12.8. The van der Waals surface area contributed by atoms with Crippen LogP contribution in [0.5, 0.6) is 0 Å². The van der Waals surface area contributed by atoms with E-state index in [9.17, 15) is 4.79 Å². The minimum atomic E-state index is 0.0703. The van der Waals surface area contributed by atoms with Gasteiger partial charge in [-0.05, 0) is 62.0 Å². The first kappa shape index (κ1) is 14.3. The van der Waals surface area contributed by atoms with Gasteiger partial charge in [0, 0.05) is 18.8 Å². The normalized spacial score (nSPS) is 31.4. The van der Waals surface area contributed by atoms with Gasteiger partial charge in [0.05, 0.1) is 6.54 Å². The number of nitrogens with one attached hydrogen (secondary N) is 1. The largest absolute Gasteiger partial charge is 0.331 e. The van der Waals surface area contributed by atoms with E-state index >= 15 is 0 Å². The van der Waals surface area contributed by atoms with Gasteiger partial charge in [-0.25, -0.2) is 4.79 Å². The molecular weight excluding hydrogens is 302 g/mol. The molecule has 0 aromatic carbocycles. The molecule has 2 atom stereocenters. The summed E-state index contributed by atoms with van der Waals surface area (Å²) in [5, 5.41) is 11.4. The van der Waals surface area contributed by atoms with Gasteiger partial charge >= 0.3 is 6.03 Å². The van der Waals surface area contributed by atoms with E-state index in [4.69, 9.17) is 0 Å². The van der Waals surface area contributed by atoms with Crippen molar-refractivity contribution in [2.24, 2.45) is 17.8 Å². The van der Waals surface area contributed by atoms with Crippen LogP contribution in [-0.2, 0) is 6.54 Å². The average molecular weight is 325 g/mol. The summed E-state index contributed by atoms with van der Waals surface area (Å²) < 4.78 is 1.93. The van der Waals surface area contributed by atoms with Gasteiger partial charge in [0.1, 0.15) is 0 Å². The Morgan fingerprint density at radius 1 is 1.08 bits per heavy atom. The van der Waals surface area contributed by atoms with Crippen molar-refractivity contribution in [1.29, 1.82) is 0 Å². The zero-order valence-corrected chi connectivity index (χ0v) is 13.8. The molecule has 24 heavy (non-hydrogen) atoms. The first-order valence-electron chi connectivity index (χ1n) is 9.09. The number of carbonyl (C=O) groups is 1. The van der Waals surface area contributed by atoms with Crippen molar-refractivity contribution in [2.45, 2.75) is 44.7 Å². The molecule has 126 valence electrons. The highest BCUT2D eigenvalue weighted by Crippen LogP contribution is 2.47. The molecule has 6 heteroatoms. The molecular formula is C18H23N5O. The summed E-state index contributed by atoms with van der Waals surface area (Å²) in [6, 6.07) is 6.32. The number of fused-ring (bicyclic) bond motifs is 2. The van der Waals surface area contributed by atoms with E-state index in [-0.39, 0.29) is 6.03 Å². The number of hydrogen-bond donors (Lipinski definition) is 1. The Kier molecular flexibility index (Phi) is 3.24. The Morgan fingerprint density at radius 3 is 2.71 bits per heavy atom. The molecule has 4 aliphatic rings. The fourth-order valence-electron chi connectivity index (χ4n) is 5.30. The highest BCUT2D eigenvalue weighted by molar-refractivity contribution is 5.74. The van der Waals surface area contributed by atoms with Gasteiger partial charge in [-0.2, -0.15) is 0 Å². The van der Waals surface area contributed by atoms with E-state index in [1.54, 1.807) is 0 Å². The minimum Gasteiger partial charge on any atom is -0.331 e. The number of rotatable bonds is 2. The monoisotopic (exact) mass is 325 g/mol. The van der Waals surface area contributed by atoms with Crippen molar-refractivity contribution in [1.82, 2.24) is 24.8 Å². The van der Waals surface area contributed by atoms with Crippen molar-refractivity contribution in [3.05, 3.63) is 30.2 Å². The lowest BCUT2D eigenvalue weighted by molar-refractivity contribution is 0.131. The van der Waals surface area contributed by atoms with Crippen LogP contribution >= 0.6 is 0 Å². The van der Waals surface area contributed by atoms with Crippen LogP contribution in [0.3, 0.4) is 0 Å². The quantitative estimate of drug-likeness (QED) is 0.922. The van der Waals surface area contributed by atoms with Crippen LogP contribution in [0, 0.1) is 17.8 Å². The Bertz CT molecular complexity index is 758. The molecule has 0 radical (unpaired) electrons. The third-order valence-corrected chi connectivity index (χ3v) is 6.15. The zero-order chi connectivity index (χ0) is 16.1. The lowest BCUT2D eigenvalue weighted by Gasteiger charge is -2.38. The molecule has 6 nitrogen and oxygen atoms in total. The number of aromatic nitrogens is 3. The Labute approximate surface area is 141 Å². The maximum absolute atomic E-state index is 12.8. The fourth-order valence-corrected chi connectivity index (χ4v) is 5.30. The molecule has 2 aliphatic heterocycles. The van der Waals surface area contributed by atoms with E-state index in [1.165, 1.54) is 32.1 Å². The summed E-state index contributed by atoms with van der Waals surface area (Å²) in [6.45, 7) is 1.36. The van der Waals surface area contributed by atoms with Gasteiger partial charge in [-0.3, -0.25) is 4.40 Å². The van der Waals surface area contributed by atoms with Crippen LogP contribution in [0.15, 0.2) is 24.4 Å². The smallest absolute Gasteiger partial charge is 0.318 e. The van der Waals surface area contributed by atoms with E-state index in [2.05, 4.69) is 20.4 Å². The van der Waals surface area contributed by atoms with Crippen molar-refractivity contribution >= 4 is 11.7 Å². The van der Waals surface area contributed by atoms with Gasteiger partial charge in [0.2, 0.25) is 0 Å². The molecule has 2 unspecified atom stereocenters. The number of nitrogens with zero attached hydrogens (tertiary/aromatic N) is 4. The summed E-state index contributed by atoms with van der Waals surface area (Å²) in [5.41, 5.74) is 0.812. The van der Waals surface area contributed by atoms with E-state index in [1.807, 2.05) is 28.8 Å². The van der Waals surface area contributed by atoms with Crippen molar-refractivity contribution in [3.8, 4) is 0 Å². The Hall–Kier alpha value is -2.11. The molecule has 2 aromatic rings. The summed E-state index contributed by atoms with van der Waals surface area (Å²) in [5.74, 6) is 3.19. The maximum Gasteiger partial charge on any atom is 0.318 e. The third-order valence-electron chi connectivity index (χ3n) is 6.15. The Morgan fingerprint density at radius 2 is 1.88 bits per heavy atom. The van der Waals surface area contributed by atoms with Crippen molar-refractivity contribution in [3.63, 3.8) is 0 Å². The molecule has 2 amide bonds. The zero-order valence-electron chi connectivity index (χ0n) is 13.8. The molecule has 2 aliphatic carbocycles. The molecule has 4 fully saturated rings. The van der Waals surface area contributed by atoms with Crippen molar-refractivity contribution in [2.75, 3.05) is 6.54 Å². The van der Waals surface area contributed by atoms with E-state index in [0.29, 0.717) is 18.5 Å². The summed E-state index contributed by atoms with van der Waals surface area (Å²) >= 11 is 0. The molecule has 1 N–H and O–H groups in total. The minimum absolute atomic E-state index is 0.0703. The number of urea groups is 1. The van der Waals surface area contributed by atoms with Crippen LogP contribution in [0.4, 0.5) is 4.79 Å². The van der Waals surface area contributed by atoms with Gasteiger partial charge < -0.3 is 10.2 Å². The highest BCUT2D eigenvalue weighted by atomic mass is 16.2. The third kappa shape index (κ3) is 2.36. The predicted octanol–water partition coefficient (Wildman–Crippen LogP) is 2.45. The summed E-state index contributed by atoms with van der Waals surface area (Å²) in [7, 11) is 0. The number of amides is 2. The van der Waals surface area contributed by atoms with Crippen LogP contribution in [-0.4, -0.2) is 38.1 Å². The molecule has 4 bridgehead atoms. The Balaban J connectivity index is 1.30. The lowest BCUT2D eigenvalue weighted by Crippen LogP contribution is -2.47. The second-order valence-electron chi connectivity index (χ2n) is 7.79. The number of hydrogen-bond acceptors (Lipinski definition) is 3. The first-order chi connectivity index (χ1) is 11.8. The number of carbonyl (C=O) groups excluding carboxylic acids is 1. The first-order valence-corrected chi connectivity index (χ1v) is 9.09. The van der Waals surface area contributed by atoms with Crippen LogP contribution in [0.25, 0.3) is 5.65 Å². The van der Waals surface area contributed by atoms with Gasteiger partial charge in [-0.1, -0.05) is 6.07 Å². The van der Waals surface area contributed by atoms with E-state index < -0.39 is 0 Å². The number of pyridine rings is 1. The van der Waals surface area contributed by atoms with Crippen LogP contribution in [0.2, 0.25) is 0 Å². The fraction of sp³-hybridized carbons (Fsp3) is 0.611. The van der Waals surface area contributed by atoms with Crippen LogP contribution < -0.4 is 5.32 Å². The highest BCUT2D eigenvalue weighted by Gasteiger charge is 2.44. The summed E-state index contributed by atoms with van der Waals surface area (Å²) in [6.07, 6.45) is 8.39. The lowest BCUT2D eigenvalue weighted by atomic mass is 9.68. The molecule has 2 aromatic heterocycles. The van der Waals surface area contributed by atoms with Gasteiger partial charge in [0.25, 0.3) is 0 Å². The van der Waals surface area contributed by atoms with Crippen molar-refractivity contribution < 1.29 is 4.79 Å².